The molecule has 25 heavy (non-hydrogen) atoms. The van der Waals surface area contributed by atoms with Gasteiger partial charge in [0.05, 0.1) is 5.56 Å². The number of phenolic OH excluding ortho intramolecular Hbond substituents is 1. The minimum atomic E-state index is -0.499. The molecule has 0 spiro atoms. The molecule has 1 aromatic heterocycles. The summed E-state index contributed by atoms with van der Waals surface area (Å²) in [7, 11) is 0. The van der Waals surface area contributed by atoms with E-state index in [-0.39, 0.29) is 16.6 Å². The zero-order chi connectivity index (χ0) is 17.8. The van der Waals surface area contributed by atoms with Crippen molar-refractivity contribution >= 4 is 28.6 Å². The second-order valence-electron chi connectivity index (χ2n) is 6.53. The molecular formula is C20H15ClO4. The minimum absolute atomic E-state index is 0.143. The lowest BCUT2D eigenvalue weighted by Crippen LogP contribution is -2.27. The lowest BCUT2D eigenvalue weighted by Gasteiger charge is -2.28. The average Bonchev–Trinajstić information content (AvgIpc) is 2.53. The molecule has 0 amide bonds. The Kier molecular flexibility index (Phi) is 3.41. The third-order valence-corrected chi connectivity index (χ3v) is 4.39. The van der Waals surface area contributed by atoms with Crippen LogP contribution in [0.15, 0.2) is 51.7 Å². The number of fused-ring (bicyclic) bond motifs is 3. The van der Waals surface area contributed by atoms with E-state index in [0.717, 1.165) is 5.56 Å². The summed E-state index contributed by atoms with van der Waals surface area (Å²) in [6.07, 6.45) is 3.75. The van der Waals surface area contributed by atoms with Crippen molar-refractivity contribution < 1.29 is 14.3 Å². The van der Waals surface area contributed by atoms with E-state index in [4.69, 9.17) is 20.8 Å². The van der Waals surface area contributed by atoms with Crippen LogP contribution in [0.1, 0.15) is 19.4 Å². The predicted molar refractivity (Wildman–Crippen MR) is 98.3 cm³/mol. The minimum Gasteiger partial charge on any atom is -0.507 e. The van der Waals surface area contributed by atoms with Crippen LogP contribution in [-0.4, -0.2) is 10.7 Å². The van der Waals surface area contributed by atoms with Gasteiger partial charge in [-0.3, -0.25) is 4.79 Å². The summed E-state index contributed by atoms with van der Waals surface area (Å²) in [5.41, 5.74) is 0.854. The molecule has 0 radical (unpaired) electrons. The third-order valence-electron chi connectivity index (χ3n) is 4.13. The van der Waals surface area contributed by atoms with Crippen molar-refractivity contribution in [1.82, 2.24) is 0 Å². The van der Waals surface area contributed by atoms with Crippen molar-refractivity contribution in [2.75, 3.05) is 0 Å². The number of hydrogen-bond donors (Lipinski definition) is 1. The first-order valence-electron chi connectivity index (χ1n) is 7.82. The topological polar surface area (TPSA) is 59.7 Å². The maximum atomic E-state index is 12.6. The molecule has 0 unspecified atom stereocenters. The molecule has 4 rings (SSSR count). The molecule has 0 saturated carbocycles. The molecule has 5 heteroatoms. The number of rotatable bonds is 1. The Labute approximate surface area is 148 Å². The van der Waals surface area contributed by atoms with E-state index in [9.17, 15) is 9.90 Å². The Morgan fingerprint density at radius 3 is 2.56 bits per heavy atom. The maximum absolute atomic E-state index is 12.6. The van der Waals surface area contributed by atoms with Crippen LogP contribution in [0, 0.1) is 0 Å². The van der Waals surface area contributed by atoms with Crippen LogP contribution in [0.3, 0.4) is 0 Å². The Morgan fingerprint density at radius 1 is 1.12 bits per heavy atom. The number of phenols is 1. The molecule has 0 fully saturated rings. The zero-order valence-corrected chi connectivity index (χ0v) is 14.4. The standard InChI is InChI=1S/C20H15ClO4/c1-20(2)8-7-13-17(25-20)10-15(23)18-14(22)9-16(24-19(13)18)11-3-5-12(21)6-4-11/h3-10,23H,1-2H3. The van der Waals surface area contributed by atoms with Crippen LogP contribution in [0.25, 0.3) is 28.4 Å². The van der Waals surface area contributed by atoms with Gasteiger partial charge in [-0.15, -0.1) is 0 Å². The van der Waals surface area contributed by atoms with Crippen LogP contribution in [0.5, 0.6) is 11.5 Å². The van der Waals surface area contributed by atoms with E-state index in [2.05, 4.69) is 0 Å². The van der Waals surface area contributed by atoms with E-state index in [1.165, 1.54) is 12.1 Å². The van der Waals surface area contributed by atoms with Gasteiger partial charge in [0.1, 0.15) is 28.2 Å². The van der Waals surface area contributed by atoms with Gasteiger partial charge in [0.15, 0.2) is 11.0 Å². The third kappa shape index (κ3) is 2.68. The summed E-state index contributed by atoms with van der Waals surface area (Å²) in [4.78, 5) is 12.6. The van der Waals surface area contributed by atoms with Crippen LogP contribution >= 0.6 is 11.6 Å². The molecule has 126 valence electrons. The van der Waals surface area contributed by atoms with Gasteiger partial charge in [0.2, 0.25) is 0 Å². The van der Waals surface area contributed by atoms with Crippen LogP contribution in [0.2, 0.25) is 5.02 Å². The summed E-state index contributed by atoms with van der Waals surface area (Å²) in [6.45, 7) is 3.82. The van der Waals surface area contributed by atoms with Crippen molar-refractivity contribution in [3.05, 3.63) is 63.3 Å². The molecule has 1 aliphatic rings. The Balaban J connectivity index is 2.02. The lowest BCUT2D eigenvalue weighted by atomic mass is 9.99. The fraction of sp³-hybridized carbons (Fsp3) is 0.150. The maximum Gasteiger partial charge on any atom is 0.197 e. The Bertz CT molecular complexity index is 1080. The predicted octanol–water partition coefficient (Wildman–Crippen LogP) is 5.00. The van der Waals surface area contributed by atoms with Crippen molar-refractivity contribution in [3.8, 4) is 22.8 Å². The van der Waals surface area contributed by atoms with Gasteiger partial charge < -0.3 is 14.3 Å². The van der Waals surface area contributed by atoms with Crippen molar-refractivity contribution in [3.63, 3.8) is 0 Å². The highest BCUT2D eigenvalue weighted by molar-refractivity contribution is 6.30. The summed E-state index contributed by atoms with van der Waals surface area (Å²) in [5.74, 6) is 0.727. The SMILES string of the molecule is CC1(C)C=Cc2c(cc(O)c3c(=O)cc(-c4ccc(Cl)cc4)oc23)O1. The van der Waals surface area contributed by atoms with Crippen molar-refractivity contribution in [2.24, 2.45) is 0 Å². The molecule has 2 aromatic carbocycles. The molecule has 0 bridgehead atoms. The molecule has 3 aromatic rings. The van der Waals surface area contributed by atoms with Crippen molar-refractivity contribution in [2.45, 2.75) is 19.4 Å². The summed E-state index contributed by atoms with van der Waals surface area (Å²) in [6, 6.07) is 9.83. The summed E-state index contributed by atoms with van der Waals surface area (Å²) < 4.78 is 11.9. The monoisotopic (exact) mass is 354 g/mol. The number of hydrogen-bond acceptors (Lipinski definition) is 4. The largest absolute Gasteiger partial charge is 0.507 e. The van der Waals surface area contributed by atoms with E-state index in [1.54, 1.807) is 24.3 Å². The van der Waals surface area contributed by atoms with Gasteiger partial charge in [0.25, 0.3) is 0 Å². The molecule has 4 nitrogen and oxygen atoms in total. The van der Waals surface area contributed by atoms with E-state index < -0.39 is 5.60 Å². The number of ether oxygens (including phenoxy) is 1. The smallest absolute Gasteiger partial charge is 0.197 e. The van der Waals surface area contributed by atoms with Crippen LogP contribution in [-0.2, 0) is 0 Å². The zero-order valence-electron chi connectivity index (χ0n) is 13.7. The van der Waals surface area contributed by atoms with Gasteiger partial charge in [-0.25, -0.2) is 0 Å². The quantitative estimate of drug-likeness (QED) is 0.667. The van der Waals surface area contributed by atoms with E-state index >= 15 is 0 Å². The normalized spacial score (nSPS) is 15.0. The first-order chi connectivity index (χ1) is 11.8. The second kappa shape index (κ2) is 5.39. The lowest BCUT2D eigenvalue weighted by molar-refractivity contribution is 0.158. The molecule has 0 aliphatic carbocycles. The van der Waals surface area contributed by atoms with Gasteiger partial charge in [-0.2, -0.15) is 0 Å². The fourth-order valence-electron chi connectivity index (χ4n) is 2.91. The molecule has 0 saturated heterocycles. The van der Waals surface area contributed by atoms with E-state index in [1.807, 2.05) is 26.0 Å². The van der Waals surface area contributed by atoms with Crippen LogP contribution in [0.4, 0.5) is 0 Å². The van der Waals surface area contributed by atoms with E-state index in [0.29, 0.717) is 27.7 Å². The molecular weight excluding hydrogens is 340 g/mol. The van der Waals surface area contributed by atoms with Crippen molar-refractivity contribution in [1.29, 1.82) is 0 Å². The molecule has 2 heterocycles. The number of halogens is 1. The Hall–Kier alpha value is -2.72. The highest BCUT2D eigenvalue weighted by Gasteiger charge is 2.26. The van der Waals surface area contributed by atoms with Crippen LogP contribution < -0.4 is 10.2 Å². The number of aromatic hydroxyl groups is 1. The van der Waals surface area contributed by atoms with Gasteiger partial charge in [-0.05, 0) is 50.3 Å². The Morgan fingerprint density at radius 2 is 1.84 bits per heavy atom. The summed E-state index contributed by atoms with van der Waals surface area (Å²) >= 11 is 5.92. The summed E-state index contributed by atoms with van der Waals surface area (Å²) in [5, 5.41) is 11.0. The molecule has 1 N–H and O–H groups in total. The highest BCUT2D eigenvalue weighted by Crippen LogP contribution is 2.40. The average molecular weight is 355 g/mol. The second-order valence-corrected chi connectivity index (χ2v) is 6.97. The first-order valence-corrected chi connectivity index (χ1v) is 8.20. The first kappa shape index (κ1) is 15.8. The van der Waals surface area contributed by atoms with Gasteiger partial charge >= 0.3 is 0 Å². The van der Waals surface area contributed by atoms with Gasteiger partial charge in [0, 0.05) is 22.7 Å². The molecule has 1 aliphatic heterocycles. The number of benzene rings is 2. The highest BCUT2D eigenvalue weighted by atomic mass is 35.5. The fourth-order valence-corrected chi connectivity index (χ4v) is 3.04. The van der Waals surface area contributed by atoms with Gasteiger partial charge in [-0.1, -0.05) is 11.6 Å². The molecule has 0 atom stereocenters.